The van der Waals surface area contributed by atoms with E-state index in [2.05, 4.69) is 26.6 Å². The second-order valence-electron chi connectivity index (χ2n) is 5.48. The lowest BCUT2D eigenvalue weighted by Gasteiger charge is -2.12. The highest BCUT2D eigenvalue weighted by atomic mass is 79.9. The molecular formula is C17H18BrN3O4S2. The number of carbonyl (C=O) groups is 1. The maximum atomic E-state index is 12.0. The molecule has 2 aromatic rings. The fraction of sp³-hybridized carbons (Fsp3) is 0.176. The van der Waals surface area contributed by atoms with Gasteiger partial charge in [-0.05, 0) is 76.5 Å². The highest BCUT2D eigenvalue weighted by Crippen LogP contribution is 2.26. The van der Waals surface area contributed by atoms with E-state index in [1.807, 2.05) is 19.1 Å². The number of anilines is 1. The summed E-state index contributed by atoms with van der Waals surface area (Å²) in [5.41, 5.74) is 1.66. The molecule has 0 spiro atoms. The zero-order valence-corrected chi connectivity index (χ0v) is 17.6. The van der Waals surface area contributed by atoms with E-state index in [1.165, 1.54) is 24.3 Å². The maximum Gasteiger partial charge on any atom is 0.264 e. The average Bonchev–Trinajstić information content (AvgIpc) is 2.60. The largest absolute Gasteiger partial charge is 0.483 e. The Morgan fingerprint density at radius 2 is 1.89 bits per heavy atom. The lowest BCUT2D eigenvalue weighted by Crippen LogP contribution is -2.37. The van der Waals surface area contributed by atoms with E-state index in [1.54, 1.807) is 6.07 Å². The summed E-state index contributed by atoms with van der Waals surface area (Å²) in [6.45, 7) is 1.84. The molecule has 10 heteroatoms. The number of sulfonamides is 1. The van der Waals surface area contributed by atoms with E-state index in [-0.39, 0.29) is 16.6 Å². The first-order chi connectivity index (χ1) is 12.7. The van der Waals surface area contributed by atoms with Crippen molar-refractivity contribution in [2.24, 2.45) is 5.14 Å². The zero-order chi connectivity index (χ0) is 20.0. The quantitative estimate of drug-likeness (QED) is 0.558. The Morgan fingerprint density at radius 3 is 2.44 bits per heavy atom. The summed E-state index contributed by atoms with van der Waals surface area (Å²) in [7, 11) is -3.76. The van der Waals surface area contributed by atoms with Gasteiger partial charge in [0, 0.05) is 5.69 Å². The van der Waals surface area contributed by atoms with Crippen molar-refractivity contribution < 1.29 is 17.9 Å². The highest BCUT2D eigenvalue weighted by Gasteiger charge is 2.10. The molecule has 0 saturated heterocycles. The first kappa shape index (κ1) is 21.3. The molecule has 0 fully saturated rings. The van der Waals surface area contributed by atoms with Crippen molar-refractivity contribution in [2.45, 2.75) is 18.2 Å². The van der Waals surface area contributed by atoms with Gasteiger partial charge in [0.05, 0.1) is 9.37 Å². The van der Waals surface area contributed by atoms with Gasteiger partial charge in [-0.2, -0.15) is 0 Å². The van der Waals surface area contributed by atoms with E-state index in [4.69, 9.17) is 22.1 Å². The number of ether oxygens (including phenoxy) is 1. The van der Waals surface area contributed by atoms with Gasteiger partial charge >= 0.3 is 0 Å². The molecule has 2 aromatic carbocycles. The van der Waals surface area contributed by atoms with Crippen molar-refractivity contribution >= 4 is 54.9 Å². The van der Waals surface area contributed by atoms with E-state index in [0.717, 1.165) is 16.5 Å². The van der Waals surface area contributed by atoms with Gasteiger partial charge in [0.1, 0.15) is 5.75 Å². The van der Waals surface area contributed by atoms with E-state index in [0.29, 0.717) is 11.4 Å². The molecule has 0 bridgehead atoms. The first-order valence-corrected chi connectivity index (χ1v) is 10.6. The first-order valence-electron chi connectivity index (χ1n) is 7.84. The van der Waals surface area contributed by atoms with Gasteiger partial charge in [0.25, 0.3) is 5.91 Å². The molecule has 144 valence electrons. The molecule has 0 saturated carbocycles. The standard InChI is InChI=1S/C17H18BrN3O4S2/c1-2-11-3-8-15(14(18)9-11)25-10-16(22)21-17(26)20-12-4-6-13(7-5-12)27(19,23)24/h3-9H,2,10H2,1H3,(H2,19,23,24)(H2,20,21,22,26). The smallest absolute Gasteiger partial charge is 0.264 e. The van der Waals surface area contributed by atoms with Crippen LogP contribution in [0.1, 0.15) is 12.5 Å². The molecule has 0 aliphatic carbocycles. The predicted octanol–water partition coefficient (Wildman–Crippen LogP) is 2.55. The van der Waals surface area contributed by atoms with Gasteiger partial charge in [-0.25, -0.2) is 13.6 Å². The van der Waals surface area contributed by atoms with E-state index in [9.17, 15) is 13.2 Å². The van der Waals surface area contributed by atoms with Gasteiger partial charge in [-0.3, -0.25) is 10.1 Å². The third kappa shape index (κ3) is 6.58. The van der Waals surface area contributed by atoms with Crippen LogP contribution in [0, 0.1) is 0 Å². The number of thiocarbonyl (C=S) groups is 1. The Kier molecular flexibility index (Phi) is 7.31. The number of hydrogen-bond acceptors (Lipinski definition) is 5. The molecule has 1 amide bonds. The van der Waals surface area contributed by atoms with Gasteiger partial charge in [0.2, 0.25) is 10.0 Å². The number of nitrogens with two attached hydrogens (primary N) is 1. The number of carbonyl (C=O) groups excluding carboxylic acids is 1. The number of amides is 1. The summed E-state index contributed by atoms with van der Waals surface area (Å²) in [5.74, 6) is 0.125. The summed E-state index contributed by atoms with van der Waals surface area (Å²) < 4.78 is 28.7. The van der Waals surface area contributed by atoms with E-state index >= 15 is 0 Å². The Bertz CT molecular complexity index is 947. The van der Waals surface area contributed by atoms with E-state index < -0.39 is 15.9 Å². The predicted molar refractivity (Wildman–Crippen MR) is 111 cm³/mol. The molecule has 0 aliphatic rings. The van der Waals surface area contributed by atoms with Crippen molar-refractivity contribution in [3.8, 4) is 5.75 Å². The Labute approximate surface area is 171 Å². The number of hydrogen-bond donors (Lipinski definition) is 3. The van der Waals surface area contributed by atoms with Crippen molar-refractivity contribution in [2.75, 3.05) is 11.9 Å². The van der Waals surface area contributed by atoms with Gasteiger partial charge in [-0.1, -0.05) is 13.0 Å². The monoisotopic (exact) mass is 471 g/mol. The molecule has 4 N–H and O–H groups in total. The number of rotatable bonds is 6. The van der Waals surface area contributed by atoms with Gasteiger partial charge in [0.15, 0.2) is 11.7 Å². The van der Waals surface area contributed by atoms with Crippen LogP contribution in [0.15, 0.2) is 51.8 Å². The highest BCUT2D eigenvalue weighted by molar-refractivity contribution is 9.10. The fourth-order valence-electron chi connectivity index (χ4n) is 2.08. The topological polar surface area (TPSA) is 111 Å². The molecule has 0 radical (unpaired) electrons. The average molecular weight is 472 g/mol. The normalized spacial score (nSPS) is 10.9. The van der Waals surface area contributed by atoms with Crippen LogP contribution in [-0.4, -0.2) is 26.0 Å². The van der Waals surface area contributed by atoms with Gasteiger partial charge in [-0.15, -0.1) is 0 Å². The Morgan fingerprint density at radius 1 is 1.22 bits per heavy atom. The minimum absolute atomic E-state index is 0.0175. The minimum Gasteiger partial charge on any atom is -0.483 e. The summed E-state index contributed by atoms with van der Waals surface area (Å²) >= 11 is 8.46. The maximum absolute atomic E-state index is 12.0. The molecule has 0 aromatic heterocycles. The molecule has 27 heavy (non-hydrogen) atoms. The van der Waals surface area contributed by atoms with Crippen molar-refractivity contribution in [3.63, 3.8) is 0 Å². The van der Waals surface area contributed by atoms with Crippen LogP contribution in [0.2, 0.25) is 0 Å². The third-order valence-electron chi connectivity index (χ3n) is 3.46. The SMILES string of the molecule is CCc1ccc(OCC(=O)NC(=S)Nc2ccc(S(N)(=O)=O)cc2)c(Br)c1. The van der Waals surface area contributed by atoms with Crippen LogP contribution in [-0.2, 0) is 21.2 Å². The number of benzene rings is 2. The molecule has 0 heterocycles. The van der Waals surface area contributed by atoms with Crippen LogP contribution in [0.5, 0.6) is 5.75 Å². The number of aryl methyl sites for hydroxylation is 1. The minimum atomic E-state index is -3.76. The molecule has 2 rings (SSSR count). The molecule has 7 nitrogen and oxygen atoms in total. The van der Waals surface area contributed by atoms with Crippen LogP contribution in [0.3, 0.4) is 0 Å². The second kappa shape index (κ2) is 9.27. The van der Waals surface area contributed by atoms with Crippen LogP contribution >= 0.6 is 28.1 Å². The van der Waals surface area contributed by atoms with Crippen LogP contribution in [0.4, 0.5) is 5.69 Å². The Balaban J connectivity index is 1.86. The van der Waals surface area contributed by atoms with Crippen molar-refractivity contribution in [1.29, 1.82) is 0 Å². The van der Waals surface area contributed by atoms with Crippen molar-refractivity contribution in [1.82, 2.24) is 5.32 Å². The van der Waals surface area contributed by atoms with Crippen molar-refractivity contribution in [3.05, 3.63) is 52.5 Å². The lowest BCUT2D eigenvalue weighted by atomic mass is 10.2. The summed E-state index contributed by atoms with van der Waals surface area (Å²) in [6, 6.07) is 11.3. The molecule has 0 unspecified atom stereocenters. The van der Waals surface area contributed by atoms with Crippen LogP contribution in [0.25, 0.3) is 0 Å². The lowest BCUT2D eigenvalue weighted by molar-refractivity contribution is -0.121. The zero-order valence-electron chi connectivity index (χ0n) is 14.4. The molecule has 0 atom stereocenters. The summed E-state index contributed by atoms with van der Waals surface area (Å²) in [6.07, 6.45) is 0.900. The Hall–Kier alpha value is -2.01. The third-order valence-corrected chi connectivity index (χ3v) is 5.21. The second-order valence-corrected chi connectivity index (χ2v) is 8.30. The fourth-order valence-corrected chi connectivity index (χ4v) is 3.37. The van der Waals surface area contributed by atoms with Gasteiger partial charge < -0.3 is 10.1 Å². The summed E-state index contributed by atoms with van der Waals surface area (Å²) in [5, 5.41) is 10.4. The number of halogens is 1. The number of nitrogens with one attached hydrogen (secondary N) is 2. The number of primary sulfonamides is 1. The molecular weight excluding hydrogens is 454 g/mol. The molecule has 0 aliphatic heterocycles. The summed E-state index contributed by atoms with van der Waals surface area (Å²) in [4.78, 5) is 11.9. The van der Waals surface area contributed by atoms with Crippen LogP contribution < -0.4 is 20.5 Å².